The lowest BCUT2D eigenvalue weighted by molar-refractivity contribution is -0.122. The van der Waals surface area contributed by atoms with Crippen molar-refractivity contribution in [2.75, 3.05) is 13.1 Å². The summed E-state index contributed by atoms with van der Waals surface area (Å²) in [5.74, 6) is 2.08. The Labute approximate surface area is 158 Å². The molecule has 1 fully saturated rings. The van der Waals surface area contributed by atoms with Gasteiger partial charge in [0.1, 0.15) is 0 Å². The zero-order chi connectivity index (χ0) is 19.4. The van der Waals surface area contributed by atoms with Crippen LogP contribution in [0.5, 0.6) is 0 Å². The van der Waals surface area contributed by atoms with Crippen molar-refractivity contribution in [3.05, 3.63) is 17.5 Å². The molecular formula is C18H25N7O2. The lowest BCUT2D eigenvalue weighted by Crippen LogP contribution is -2.37. The van der Waals surface area contributed by atoms with Crippen LogP contribution in [0.2, 0.25) is 0 Å². The van der Waals surface area contributed by atoms with E-state index in [1.807, 2.05) is 6.20 Å². The second kappa shape index (κ2) is 7.88. The first-order chi connectivity index (χ1) is 12.9. The standard InChI is InChI=1S/C18H25N7O2/c1-3-4-7-18(22-23-18)8-5-15(26)20-14-6-9-25(12-14)11-13-10-24(2)21-16(13)17(19)27/h1,10,14H,4-9,11-12H2,2H3,(H2,19,27)(H,20,26). The van der Waals surface area contributed by atoms with Crippen molar-refractivity contribution < 1.29 is 9.59 Å². The fraction of sp³-hybridized carbons (Fsp3) is 0.611. The van der Waals surface area contributed by atoms with Gasteiger partial charge in [-0.1, -0.05) is 0 Å². The van der Waals surface area contributed by atoms with Crippen LogP contribution in [-0.2, 0) is 18.4 Å². The van der Waals surface area contributed by atoms with Crippen LogP contribution in [-0.4, -0.2) is 51.3 Å². The molecule has 3 heterocycles. The number of carbonyl (C=O) groups excluding carboxylic acids is 2. The van der Waals surface area contributed by atoms with Gasteiger partial charge < -0.3 is 11.1 Å². The Kier molecular flexibility index (Phi) is 5.56. The summed E-state index contributed by atoms with van der Waals surface area (Å²) in [4.78, 5) is 25.9. The number of hydrogen-bond acceptors (Lipinski definition) is 6. The minimum absolute atomic E-state index is 0.0124. The fourth-order valence-corrected chi connectivity index (χ4v) is 3.48. The molecule has 3 N–H and O–H groups in total. The molecule has 1 atom stereocenters. The smallest absolute Gasteiger partial charge is 0.269 e. The van der Waals surface area contributed by atoms with Crippen LogP contribution in [0, 0.1) is 12.3 Å². The third kappa shape index (κ3) is 4.92. The van der Waals surface area contributed by atoms with Gasteiger partial charge in [0.25, 0.3) is 5.91 Å². The van der Waals surface area contributed by atoms with E-state index < -0.39 is 11.6 Å². The van der Waals surface area contributed by atoms with E-state index in [9.17, 15) is 9.59 Å². The second-order valence-electron chi connectivity index (χ2n) is 7.22. The van der Waals surface area contributed by atoms with Gasteiger partial charge in [0, 0.05) is 70.2 Å². The third-order valence-electron chi connectivity index (χ3n) is 4.97. The lowest BCUT2D eigenvalue weighted by atomic mass is 10.0. The normalized spacial score (nSPS) is 20.4. The summed E-state index contributed by atoms with van der Waals surface area (Å²) >= 11 is 0. The molecule has 0 saturated carbocycles. The summed E-state index contributed by atoms with van der Waals surface area (Å²) in [5.41, 5.74) is 6.08. The van der Waals surface area contributed by atoms with Crippen LogP contribution in [0.25, 0.3) is 0 Å². The number of carbonyl (C=O) groups is 2. The Morgan fingerprint density at radius 1 is 1.44 bits per heavy atom. The molecule has 0 bridgehead atoms. The maximum Gasteiger partial charge on any atom is 0.269 e. The van der Waals surface area contributed by atoms with Crippen LogP contribution in [0.3, 0.4) is 0 Å². The van der Waals surface area contributed by atoms with Crippen LogP contribution in [0.15, 0.2) is 16.4 Å². The van der Waals surface area contributed by atoms with Crippen molar-refractivity contribution in [1.82, 2.24) is 20.0 Å². The quantitative estimate of drug-likeness (QED) is 0.617. The summed E-state index contributed by atoms with van der Waals surface area (Å²) < 4.78 is 1.59. The molecule has 0 aromatic carbocycles. The van der Waals surface area contributed by atoms with Crippen LogP contribution in [0.1, 0.15) is 48.2 Å². The van der Waals surface area contributed by atoms with Crippen molar-refractivity contribution in [3.8, 4) is 12.3 Å². The molecule has 9 heteroatoms. The molecule has 27 heavy (non-hydrogen) atoms. The van der Waals surface area contributed by atoms with Gasteiger partial charge in [-0.05, 0) is 6.42 Å². The Hall–Kier alpha value is -2.73. The highest BCUT2D eigenvalue weighted by atomic mass is 16.2. The van der Waals surface area contributed by atoms with Gasteiger partial charge in [0.05, 0.1) is 0 Å². The average molecular weight is 371 g/mol. The first-order valence-corrected chi connectivity index (χ1v) is 9.12. The molecule has 0 spiro atoms. The molecule has 2 amide bonds. The van der Waals surface area contributed by atoms with E-state index in [0.29, 0.717) is 37.9 Å². The van der Waals surface area contributed by atoms with E-state index in [1.54, 1.807) is 11.7 Å². The highest BCUT2D eigenvalue weighted by Gasteiger charge is 2.39. The largest absolute Gasteiger partial charge is 0.364 e. The topological polar surface area (TPSA) is 118 Å². The molecule has 9 nitrogen and oxygen atoms in total. The van der Waals surface area contributed by atoms with Crippen molar-refractivity contribution in [2.24, 2.45) is 23.0 Å². The van der Waals surface area contributed by atoms with E-state index >= 15 is 0 Å². The van der Waals surface area contributed by atoms with Gasteiger partial charge in [-0.25, -0.2) is 0 Å². The van der Waals surface area contributed by atoms with Crippen LogP contribution in [0.4, 0.5) is 0 Å². The van der Waals surface area contributed by atoms with E-state index in [2.05, 4.69) is 31.5 Å². The number of primary amides is 1. The minimum Gasteiger partial charge on any atom is -0.364 e. The second-order valence-corrected chi connectivity index (χ2v) is 7.22. The highest BCUT2D eigenvalue weighted by molar-refractivity contribution is 5.92. The monoisotopic (exact) mass is 371 g/mol. The molecule has 0 radical (unpaired) electrons. The molecule has 2 aliphatic rings. The zero-order valence-electron chi connectivity index (χ0n) is 15.5. The first kappa shape index (κ1) is 19.0. The number of nitrogens with two attached hydrogens (primary N) is 1. The molecule has 1 aromatic heterocycles. The molecule has 3 rings (SSSR count). The van der Waals surface area contributed by atoms with Gasteiger partial charge in [-0.3, -0.25) is 19.2 Å². The van der Waals surface area contributed by atoms with Crippen molar-refractivity contribution in [2.45, 2.75) is 50.4 Å². The highest BCUT2D eigenvalue weighted by Crippen LogP contribution is 2.37. The van der Waals surface area contributed by atoms with Crippen molar-refractivity contribution in [1.29, 1.82) is 0 Å². The van der Waals surface area contributed by atoms with Crippen LogP contribution >= 0.6 is 0 Å². The summed E-state index contributed by atoms with van der Waals surface area (Å²) in [6.07, 6.45) is 10.3. The molecule has 1 aromatic rings. The SMILES string of the molecule is C#CCCC1(CCC(=O)NC2CCN(Cc3cn(C)nc3C(N)=O)C2)N=N1. The van der Waals surface area contributed by atoms with Gasteiger partial charge in [-0.2, -0.15) is 15.3 Å². The van der Waals surface area contributed by atoms with Gasteiger partial charge in [0.15, 0.2) is 11.4 Å². The molecule has 0 aliphatic carbocycles. The predicted molar refractivity (Wildman–Crippen MR) is 98.4 cm³/mol. The summed E-state index contributed by atoms with van der Waals surface area (Å²) in [6, 6.07) is 0.0981. The maximum atomic E-state index is 12.2. The molecule has 1 unspecified atom stereocenters. The number of likely N-dealkylation sites (tertiary alicyclic amines) is 1. The summed E-state index contributed by atoms with van der Waals surface area (Å²) in [5, 5.41) is 15.3. The van der Waals surface area contributed by atoms with Gasteiger partial charge >= 0.3 is 0 Å². The maximum absolute atomic E-state index is 12.2. The Bertz CT molecular complexity index is 786. The van der Waals surface area contributed by atoms with Crippen molar-refractivity contribution in [3.63, 3.8) is 0 Å². The number of aryl methyl sites for hydroxylation is 1. The number of nitrogens with one attached hydrogen (secondary N) is 1. The average Bonchev–Trinajstić information content (AvgIpc) is 3.10. The van der Waals surface area contributed by atoms with Gasteiger partial charge in [0.2, 0.25) is 5.91 Å². The van der Waals surface area contributed by atoms with Crippen molar-refractivity contribution >= 4 is 11.8 Å². The number of hydrogen-bond donors (Lipinski definition) is 2. The number of nitrogens with zero attached hydrogens (tertiary/aromatic N) is 5. The number of rotatable bonds is 9. The zero-order valence-corrected chi connectivity index (χ0v) is 15.5. The van der Waals surface area contributed by atoms with Crippen LogP contribution < -0.4 is 11.1 Å². The Morgan fingerprint density at radius 2 is 2.22 bits per heavy atom. The van der Waals surface area contributed by atoms with E-state index in [4.69, 9.17) is 12.2 Å². The van der Waals surface area contributed by atoms with E-state index in [1.165, 1.54) is 0 Å². The number of terminal acetylenes is 1. The number of amides is 2. The first-order valence-electron chi connectivity index (χ1n) is 9.12. The summed E-state index contributed by atoms with van der Waals surface area (Å²) in [7, 11) is 1.76. The summed E-state index contributed by atoms with van der Waals surface area (Å²) in [6.45, 7) is 2.16. The molecule has 2 aliphatic heterocycles. The van der Waals surface area contributed by atoms with E-state index in [-0.39, 0.29) is 11.9 Å². The molecular weight excluding hydrogens is 346 g/mol. The fourth-order valence-electron chi connectivity index (χ4n) is 3.48. The number of aromatic nitrogens is 2. The minimum atomic E-state index is -0.524. The predicted octanol–water partition coefficient (Wildman–Crippen LogP) is 0.565. The van der Waals surface area contributed by atoms with Gasteiger partial charge in [-0.15, -0.1) is 12.3 Å². The van der Waals surface area contributed by atoms with E-state index in [0.717, 1.165) is 25.1 Å². The molecule has 144 valence electrons. The lowest BCUT2D eigenvalue weighted by Gasteiger charge is -2.17. The third-order valence-corrected chi connectivity index (χ3v) is 4.97. The Balaban J connectivity index is 1.43. The molecule has 1 saturated heterocycles. The Morgan fingerprint density at radius 3 is 2.89 bits per heavy atom.